The number of furan rings is 1. The molecule has 0 spiro atoms. The first kappa shape index (κ1) is 39.7. The summed E-state index contributed by atoms with van der Waals surface area (Å²) in [6.45, 7) is 14.0. The quantitative estimate of drug-likeness (QED) is 0.159. The maximum atomic E-state index is 6.50. The van der Waals surface area contributed by atoms with Crippen molar-refractivity contribution >= 4 is 49.8 Å². The van der Waals surface area contributed by atoms with Crippen LogP contribution in [0.3, 0.4) is 0 Å². The fourth-order valence-electron chi connectivity index (χ4n) is 10.1. The van der Waals surface area contributed by atoms with Gasteiger partial charge in [0.25, 0.3) is 0 Å². The van der Waals surface area contributed by atoms with Gasteiger partial charge in [0.1, 0.15) is 11.2 Å². The zero-order valence-corrected chi connectivity index (χ0v) is 37.1. The molecule has 1 heterocycles. The molecule has 0 bridgehead atoms. The van der Waals surface area contributed by atoms with Crippen LogP contribution in [0.2, 0.25) is 0 Å². The minimum absolute atomic E-state index is 0.0275. The zero-order chi connectivity index (χ0) is 42.6. The normalized spacial score (nSPS) is 13.9. The molecule has 1 aliphatic carbocycles. The van der Waals surface area contributed by atoms with E-state index in [1.54, 1.807) is 0 Å². The summed E-state index contributed by atoms with van der Waals surface area (Å²) in [5, 5.41) is 4.95. The molecule has 308 valence electrons. The van der Waals surface area contributed by atoms with Crippen molar-refractivity contribution in [2.24, 2.45) is 0 Å². The monoisotopic (exact) mass is 807 g/mol. The Hall–Kier alpha value is -6.38. The molecule has 1 aliphatic rings. The van der Waals surface area contributed by atoms with E-state index in [2.05, 4.69) is 216 Å². The van der Waals surface area contributed by atoms with E-state index < -0.39 is 0 Å². The number of nitrogens with zero attached hydrogens (tertiary/aromatic N) is 1. The van der Waals surface area contributed by atoms with Gasteiger partial charge in [0, 0.05) is 27.5 Å². The summed E-state index contributed by atoms with van der Waals surface area (Å²) in [7, 11) is 0. The third kappa shape index (κ3) is 7.20. The lowest BCUT2D eigenvalue weighted by atomic mass is 9.78. The third-order valence-corrected chi connectivity index (χ3v) is 13.4. The molecule has 0 radical (unpaired) electrons. The lowest BCUT2D eigenvalue weighted by Crippen LogP contribution is -2.17. The van der Waals surface area contributed by atoms with Crippen molar-refractivity contribution in [1.29, 1.82) is 0 Å². The van der Waals surface area contributed by atoms with Crippen LogP contribution < -0.4 is 4.90 Å². The molecule has 0 N–H and O–H groups in total. The van der Waals surface area contributed by atoms with Gasteiger partial charge in [-0.25, -0.2) is 0 Å². The Morgan fingerprint density at radius 3 is 1.55 bits per heavy atom. The first-order valence-corrected chi connectivity index (χ1v) is 22.7. The second kappa shape index (κ2) is 15.8. The molecule has 0 aliphatic heterocycles. The number of benzene rings is 8. The minimum atomic E-state index is -0.0275. The van der Waals surface area contributed by atoms with Gasteiger partial charge in [0.05, 0.1) is 17.1 Å². The van der Waals surface area contributed by atoms with Crippen LogP contribution in [-0.2, 0) is 10.8 Å². The van der Waals surface area contributed by atoms with Gasteiger partial charge in [0.15, 0.2) is 0 Å². The molecule has 1 fully saturated rings. The molecule has 0 atom stereocenters. The molecule has 1 saturated carbocycles. The van der Waals surface area contributed by atoms with Crippen LogP contribution in [0.4, 0.5) is 17.1 Å². The van der Waals surface area contributed by atoms with Crippen molar-refractivity contribution in [2.75, 3.05) is 4.90 Å². The van der Waals surface area contributed by atoms with E-state index >= 15 is 0 Å². The smallest absolute Gasteiger partial charge is 0.136 e. The number of hydrogen-bond acceptors (Lipinski definition) is 2. The highest BCUT2D eigenvalue weighted by atomic mass is 16.3. The number of hydrogen-bond donors (Lipinski definition) is 0. The molecule has 2 nitrogen and oxygen atoms in total. The molecule has 0 saturated heterocycles. The second-order valence-corrected chi connectivity index (χ2v) is 19.5. The Kier molecular flexibility index (Phi) is 10.1. The molecular weight excluding hydrogens is 751 g/mol. The highest BCUT2D eigenvalue weighted by Crippen LogP contribution is 2.51. The average Bonchev–Trinajstić information content (AvgIpc) is 3.68. The van der Waals surface area contributed by atoms with Gasteiger partial charge in [-0.05, 0) is 104 Å². The Morgan fingerprint density at radius 1 is 0.435 bits per heavy atom. The van der Waals surface area contributed by atoms with Crippen LogP contribution in [0, 0.1) is 0 Å². The maximum absolute atomic E-state index is 6.50. The minimum Gasteiger partial charge on any atom is -0.456 e. The van der Waals surface area contributed by atoms with Crippen molar-refractivity contribution in [3.8, 4) is 33.4 Å². The van der Waals surface area contributed by atoms with E-state index in [1.807, 2.05) is 0 Å². The van der Waals surface area contributed by atoms with E-state index in [-0.39, 0.29) is 10.8 Å². The third-order valence-electron chi connectivity index (χ3n) is 13.4. The van der Waals surface area contributed by atoms with Crippen molar-refractivity contribution in [3.05, 3.63) is 187 Å². The molecule has 1 aromatic heterocycles. The van der Waals surface area contributed by atoms with Crippen LogP contribution >= 0.6 is 0 Å². The van der Waals surface area contributed by atoms with Gasteiger partial charge in [-0.3, -0.25) is 0 Å². The molecule has 62 heavy (non-hydrogen) atoms. The number of fused-ring (bicyclic) bond motifs is 4. The topological polar surface area (TPSA) is 16.4 Å². The molecule has 0 amide bonds. The largest absolute Gasteiger partial charge is 0.456 e. The van der Waals surface area contributed by atoms with Gasteiger partial charge in [-0.1, -0.05) is 200 Å². The summed E-state index contributed by atoms with van der Waals surface area (Å²) < 4.78 is 6.50. The van der Waals surface area contributed by atoms with Crippen LogP contribution in [-0.4, -0.2) is 0 Å². The summed E-state index contributed by atoms with van der Waals surface area (Å²) in [4.78, 5) is 2.56. The molecule has 9 aromatic rings. The standard InChI is InChI=1S/C60H57NO/c1-59(2,3)43-37-42(38-44(39-43)60(4,5)6)45-25-10-14-32-52(45)61(54-34-16-12-27-48(54)50-31-20-36-56-58(50)51-28-13-17-35-55(51)62-56)53-33-15-11-26-47(53)49-30-19-24-41-23-18-29-46(57(41)49)40-21-8-7-9-22-40/h10-20,23-40H,7-9,21-22H2,1-6H3. The van der Waals surface area contributed by atoms with Crippen molar-refractivity contribution in [1.82, 2.24) is 0 Å². The predicted octanol–water partition coefficient (Wildman–Crippen LogP) is 17.9. The zero-order valence-electron chi connectivity index (χ0n) is 37.1. The number of rotatable bonds is 7. The number of para-hydroxylation sites is 4. The van der Waals surface area contributed by atoms with Gasteiger partial charge >= 0.3 is 0 Å². The van der Waals surface area contributed by atoms with Crippen molar-refractivity contribution in [3.63, 3.8) is 0 Å². The van der Waals surface area contributed by atoms with E-state index in [0.717, 1.165) is 50.1 Å². The van der Waals surface area contributed by atoms with Crippen molar-refractivity contribution in [2.45, 2.75) is 90.4 Å². The lowest BCUT2D eigenvalue weighted by Gasteiger charge is -2.33. The van der Waals surface area contributed by atoms with Crippen LogP contribution in [0.5, 0.6) is 0 Å². The molecule has 0 unspecified atom stereocenters. The Balaban J connectivity index is 1.28. The van der Waals surface area contributed by atoms with Crippen LogP contribution in [0.15, 0.2) is 174 Å². The fraction of sp³-hybridized carbons (Fsp3) is 0.233. The van der Waals surface area contributed by atoms with Gasteiger partial charge < -0.3 is 9.32 Å². The van der Waals surface area contributed by atoms with E-state index in [4.69, 9.17) is 4.42 Å². The number of anilines is 3. The second-order valence-electron chi connectivity index (χ2n) is 19.5. The summed E-state index contributed by atoms with van der Waals surface area (Å²) >= 11 is 0. The molecule has 2 heteroatoms. The van der Waals surface area contributed by atoms with E-state index in [9.17, 15) is 0 Å². The Bertz CT molecular complexity index is 3050. The fourth-order valence-corrected chi connectivity index (χ4v) is 10.1. The highest BCUT2D eigenvalue weighted by molar-refractivity contribution is 6.14. The first-order chi connectivity index (χ1) is 30.0. The van der Waals surface area contributed by atoms with Crippen LogP contribution in [0.1, 0.15) is 96.3 Å². The van der Waals surface area contributed by atoms with Gasteiger partial charge in [0.2, 0.25) is 0 Å². The van der Waals surface area contributed by atoms with E-state index in [0.29, 0.717) is 5.92 Å². The Morgan fingerprint density at radius 2 is 0.919 bits per heavy atom. The summed E-state index contributed by atoms with van der Waals surface area (Å²) in [5.41, 5.74) is 16.5. The average molecular weight is 808 g/mol. The SMILES string of the molecule is CC(C)(C)c1cc(-c2ccccc2N(c2ccccc2-c2cccc3cccc(C4CCCCC4)c23)c2ccccc2-c2cccc3oc4ccccc4c23)cc(C(C)(C)C)c1. The molecule has 10 rings (SSSR count). The van der Waals surface area contributed by atoms with Crippen LogP contribution in [0.25, 0.3) is 66.1 Å². The summed E-state index contributed by atoms with van der Waals surface area (Å²) in [5.74, 6) is 0.565. The highest BCUT2D eigenvalue weighted by Gasteiger charge is 2.28. The Labute approximate surface area is 367 Å². The summed E-state index contributed by atoms with van der Waals surface area (Å²) in [6.07, 6.45) is 6.43. The molecule has 8 aromatic carbocycles. The van der Waals surface area contributed by atoms with E-state index in [1.165, 1.54) is 81.8 Å². The van der Waals surface area contributed by atoms with Gasteiger partial charge in [-0.15, -0.1) is 0 Å². The summed E-state index contributed by atoms with van der Waals surface area (Å²) in [6, 6.07) is 63.3. The maximum Gasteiger partial charge on any atom is 0.136 e. The molecular formula is C60H57NO. The van der Waals surface area contributed by atoms with Crippen molar-refractivity contribution < 1.29 is 4.42 Å². The lowest BCUT2D eigenvalue weighted by molar-refractivity contribution is 0.445. The first-order valence-electron chi connectivity index (χ1n) is 22.7. The predicted molar refractivity (Wildman–Crippen MR) is 265 cm³/mol. The van der Waals surface area contributed by atoms with Gasteiger partial charge in [-0.2, -0.15) is 0 Å².